The molecule has 2 N–H and O–H groups in total. The molecule has 106 valence electrons. The van der Waals surface area contributed by atoms with Gasteiger partial charge in [-0.25, -0.2) is 0 Å². The summed E-state index contributed by atoms with van der Waals surface area (Å²) in [4.78, 5) is 12.2. The van der Waals surface area contributed by atoms with Crippen molar-refractivity contribution in [1.29, 1.82) is 0 Å². The van der Waals surface area contributed by atoms with Crippen LogP contribution in [0, 0.1) is 5.41 Å². The number of nitrogens with one attached hydrogen (secondary N) is 1. The molecule has 0 aliphatic heterocycles. The molecule has 0 saturated carbocycles. The summed E-state index contributed by atoms with van der Waals surface area (Å²) >= 11 is 0. The van der Waals surface area contributed by atoms with Crippen LogP contribution in [0.15, 0.2) is 24.3 Å². The molecular formula is C15H23NO3. The number of methoxy groups -OCH3 is 1. The predicted molar refractivity (Wildman–Crippen MR) is 75.0 cm³/mol. The second kappa shape index (κ2) is 7.26. The van der Waals surface area contributed by atoms with Gasteiger partial charge in [0.25, 0.3) is 5.91 Å². The third kappa shape index (κ3) is 5.01. The first kappa shape index (κ1) is 15.7. The van der Waals surface area contributed by atoms with Gasteiger partial charge in [-0.1, -0.05) is 32.0 Å². The van der Waals surface area contributed by atoms with Crippen LogP contribution in [0.5, 0.6) is 0 Å². The van der Waals surface area contributed by atoms with Crippen molar-refractivity contribution in [3.05, 3.63) is 35.4 Å². The van der Waals surface area contributed by atoms with Crippen LogP contribution >= 0.6 is 0 Å². The average Bonchev–Trinajstić information content (AvgIpc) is 2.37. The Kier molecular flexibility index (Phi) is 5.99. The quantitative estimate of drug-likeness (QED) is 0.792. The molecule has 1 aromatic rings. The number of aliphatic hydroxyl groups excluding tert-OH is 1. The number of amides is 1. The minimum atomic E-state index is -0.111. The number of ether oxygens (including phenoxy) is 1. The van der Waals surface area contributed by atoms with Crippen molar-refractivity contribution < 1.29 is 14.6 Å². The summed E-state index contributed by atoms with van der Waals surface area (Å²) in [7, 11) is 1.61. The molecule has 0 radical (unpaired) electrons. The molecule has 1 rings (SSSR count). The molecule has 0 aliphatic rings. The average molecular weight is 265 g/mol. The zero-order valence-corrected chi connectivity index (χ0v) is 11.9. The molecule has 0 bridgehead atoms. The van der Waals surface area contributed by atoms with Crippen molar-refractivity contribution in [2.45, 2.75) is 26.9 Å². The van der Waals surface area contributed by atoms with Gasteiger partial charge in [-0.3, -0.25) is 4.79 Å². The Morgan fingerprint density at radius 3 is 2.68 bits per heavy atom. The molecular weight excluding hydrogens is 242 g/mol. The first-order valence-corrected chi connectivity index (χ1v) is 6.46. The van der Waals surface area contributed by atoms with Gasteiger partial charge in [-0.15, -0.1) is 0 Å². The molecule has 0 aliphatic carbocycles. The van der Waals surface area contributed by atoms with E-state index in [2.05, 4.69) is 5.32 Å². The minimum absolute atomic E-state index is 0.0985. The number of hydrogen-bond donors (Lipinski definition) is 2. The lowest BCUT2D eigenvalue weighted by Crippen LogP contribution is -2.35. The van der Waals surface area contributed by atoms with Gasteiger partial charge >= 0.3 is 0 Å². The summed E-state index contributed by atoms with van der Waals surface area (Å²) in [6.45, 7) is 5.12. The van der Waals surface area contributed by atoms with Crippen LogP contribution in [0.3, 0.4) is 0 Å². The molecule has 1 aromatic carbocycles. The molecule has 0 aromatic heterocycles. The van der Waals surface area contributed by atoms with Crippen LogP contribution in [-0.4, -0.2) is 31.3 Å². The normalized spacial score (nSPS) is 11.4. The van der Waals surface area contributed by atoms with Crippen molar-refractivity contribution in [3.8, 4) is 0 Å². The molecule has 0 spiro atoms. The van der Waals surface area contributed by atoms with Crippen LogP contribution in [0.4, 0.5) is 0 Å². The minimum Gasteiger partial charge on any atom is -0.396 e. The molecule has 0 heterocycles. The third-order valence-corrected chi connectivity index (χ3v) is 3.08. The first-order chi connectivity index (χ1) is 9.00. The molecule has 0 atom stereocenters. The van der Waals surface area contributed by atoms with E-state index in [0.29, 0.717) is 25.1 Å². The lowest BCUT2D eigenvalue weighted by atomic mass is 9.89. The summed E-state index contributed by atoms with van der Waals surface area (Å²) in [6.07, 6.45) is 0.660. The van der Waals surface area contributed by atoms with Crippen molar-refractivity contribution in [2.24, 2.45) is 5.41 Å². The van der Waals surface area contributed by atoms with Gasteiger partial charge in [0, 0.05) is 25.8 Å². The molecule has 4 nitrogen and oxygen atoms in total. The number of hydrogen-bond acceptors (Lipinski definition) is 3. The van der Waals surface area contributed by atoms with Crippen LogP contribution < -0.4 is 5.32 Å². The highest BCUT2D eigenvalue weighted by Crippen LogP contribution is 2.18. The van der Waals surface area contributed by atoms with Crippen LogP contribution in [0.1, 0.15) is 36.2 Å². The second-order valence-electron chi connectivity index (χ2n) is 5.41. The van der Waals surface area contributed by atoms with Gasteiger partial charge in [0.2, 0.25) is 0 Å². The highest BCUT2D eigenvalue weighted by molar-refractivity contribution is 5.95. The molecule has 0 fully saturated rings. The fourth-order valence-electron chi connectivity index (χ4n) is 1.83. The Hall–Kier alpha value is -1.39. The monoisotopic (exact) mass is 265 g/mol. The van der Waals surface area contributed by atoms with Crippen molar-refractivity contribution in [2.75, 3.05) is 20.3 Å². The maximum absolute atomic E-state index is 12.2. The maximum Gasteiger partial charge on any atom is 0.251 e. The van der Waals surface area contributed by atoms with E-state index in [4.69, 9.17) is 9.84 Å². The Morgan fingerprint density at radius 2 is 2.05 bits per heavy atom. The maximum atomic E-state index is 12.2. The van der Waals surface area contributed by atoms with E-state index in [1.54, 1.807) is 13.2 Å². The van der Waals surface area contributed by atoms with E-state index in [0.717, 1.165) is 5.56 Å². The van der Waals surface area contributed by atoms with Gasteiger partial charge in [-0.2, -0.15) is 0 Å². The van der Waals surface area contributed by atoms with Crippen molar-refractivity contribution in [3.63, 3.8) is 0 Å². The zero-order chi connectivity index (χ0) is 14.3. The summed E-state index contributed by atoms with van der Waals surface area (Å²) in [6, 6.07) is 7.41. The van der Waals surface area contributed by atoms with Gasteiger partial charge < -0.3 is 15.2 Å². The summed E-state index contributed by atoms with van der Waals surface area (Å²) in [5.74, 6) is -0.0985. The highest BCUT2D eigenvalue weighted by atomic mass is 16.5. The van der Waals surface area contributed by atoms with Gasteiger partial charge in [-0.05, 0) is 23.5 Å². The smallest absolute Gasteiger partial charge is 0.251 e. The molecule has 0 unspecified atom stereocenters. The van der Waals surface area contributed by atoms with E-state index in [-0.39, 0.29) is 17.9 Å². The topological polar surface area (TPSA) is 58.6 Å². The van der Waals surface area contributed by atoms with E-state index in [1.165, 1.54) is 0 Å². The molecule has 19 heavy (non-hydrogen) atoms. The second-order valence-corrected chi connectivity index (χ2v) is 5.41. The fourth-order valence-corrected chi connectivity index (χ4v) is 1.83. The Balaban J connectivity index is 2.68. The molecule has 4 heteroatoms. The predicted octanol–water partition coefficient (Wildman–Crippen LogP) is 1.97. The number of carbonyl (C=O) groups excluding carboxylic acids is 1. The van der Waals surface area contributed by atoms with Gasteiger partial charge in [0.15, 0.2) is 0 Å². The lowest BCUT2D eigenvalue weighted by Gasteiger charge is -2.24. The summed E-state index contributed by atoms with van der Waals surface area (Å²) in [5, 5.41) is 11.9. The Bertz CT molecular complexity index is 416. The lowest BCUT2D eigenvalue weighted by molar-refractivity contribution is 0.0923. The SMILES string of the molecule is COCc1ccccc1C(=O)NCC(C)(C)CCO. The Morgan fingerprint density at radius 1 is 1.37 bits per heavy atom. The van der Waals surface area contributed by atoms with E-state index in [9.17, 15) is 4.79 Å². The first-order valence-electron chi connectivity index (χ1n) is 6.46. The molecule has 0 saturated heterocycles. The largest absolute Gasteiger partial charge is 0.396 e. The zero-order valence-electron chi connectivity index (χ0n) is 11.9. The van der Waals surface area contributed by atoms with Gasteiger partial charge in [0.1, 0.15) is 0 Å². The molecule has 1 amide bonds. The summed E-state index contributed by atoms with van der Waals surface area (Å²) < 4.78 is 5.09. The van der Waals surface area contributed by atoms with Crippen LogP contribution in [0.25, 0.3) is 0 Å². The van der Waals surface area contributed by atoms with Crippen molar-refractivity contribution >= 4 is 5.91 Å². The number of aliphatic hydroxyl groups is 1. The third-order valence-electron chi connectivity index (χ3n) is 3.08. The van der Waals surface area contributed by atoms with Crippen LogP contribution in [0.2, 0.25) is 0 Å². The highest BCUT2D eigenvalue weighted by Gasteiger charge is 2.19. The summed E-state index contributed by atoms with van der Waals surface area (Å²) in [5.41, 5.74) is 1.41. The standard InChI is InChI=1S/C15H23NO3/c1-15(2,8-9-17)11-16-14(18)13-7-5-4-6-12(13)10-19-3/h4-7,17H,8-11H2,1-3H3,(H,16,18). The van der Waals surface area contributed by atoms with E-state index < -0.39 is 0 Å². The van der Waals surface area contributed by atoms with Gasteiger partial charge in [0.05, 0.1) is 6.61 Å². The van der Waals surface area contributed by atoms with Crippen LogP contribution in [-0.2, 0) is 11.3 Å². The fraction of sp³-hybridized carbons (Fsp3) is 0.533. The van der Waals surface area contributed by atoms with E-state index >= 15 is 0 Å². The Labute approximate surface area is 114 Å². The number of rotatable bonds is 7. The van der Waals surface area contributed by atoms with Crippen molar-refractivity contribution in [1.82, 2.24) is 5.32 Å². The number of carbonyl (C=O) groups is 1. The van der Waals surface area contributed by atoms with E-state index in [1.807, 2.05) is 32.0 Å². The number of benzene rings is 1.